The van der Waals surface area contributed by atoms with Crippen LogP contribution in [0.1, 0.15) is 23.0 Å². The molecule has 0 saturated heterocycles. The van der Waals surface area contributed by atoms with Gasteiger partial charge in [0.1, 0.15) is 0 Å². The molecule has 1 atom stereocenters. The Hall–Kier alpha value is -2.01. The van der Waals surface area contributed by atoms with E-state index in [0.717, 1.165) is 22.6 Å². The van der Waals surface area contributed by atoms with Gasteiger partial charge in [-0.3, -0.25) is 5.10 Å². The first kappa shape index (κ1) is 14.4. The fourth-order valence-electron chi connectivity index (χ4n) is 2.06. The number of esters is 1. The number of aromatic amines is 1. The Bertz CT molecular complexity index is 588. The number of aryl methyl sites for hydroxylation is 2. The predicted octanol–water partition coefficient (Wildman–Crippen LogP) is 3.01. The van der Waals surface area contributed by atoms with Gasteiger partial charge in [-0.15, -0.1) is 0 Å². The maximum Gasteiger partial charge on any atom is 0.333 e. The van der Waals surface area contributed by atoms with Crippen molar-refractivity contribution < 1.29 is 9.53 Å². The zero-order valence-electron chi connectivity index (χ0n) is 11.5. The zero-order valence-corrected chi connectivity index (χ0v) is 12.3. The standard InChI is InChI=1S/C14H16ClN3O2/c1-8-12(9(2)18-17-8)13(14(19)20-3)16-11-6-4-10(15)5-7-11/h4-7,13,16H,1-3H3,(H,17,18). The second kappa shape index (κ2) is 5.96. The lowest BCUT2D eigenvalue weighted by Gasteiger charge is -2.18. The number of carbonyl (C=O) groups is 1. The van der Waals surface area contributed by atoms with Gasteiger partial charge in [0.2, 0.25) is 0 Å². The van der Waals surface area contributed by atoms with Crippen LogP contribution >= 0.6 is 11.6 Å². The van der Waals surface area contributed by atoms with Gasteiger partial charge in [0, 0.05) is 22.0 Å². The molecule has 0 aliphatic heterocycles. The van der Waals surface area contributed by atoms with Crippen molar-refractivity contribution in [3.63, 3.8) is 0 Å². The van der Waals surface area contributed by atoms with Gasteiger partial charge >= 0.3 is 5.97 Å². The lowest BCUT2D eigenvalue weighted by Crippen LogP contribution is -2.23. The fourth-order valence-corrected chi connectivity index (χ4v) is 2.19. The summed E-state index contributed by atoms with van der Waals surface area (Å²) in [5.41, 5.74) is 3.18. The van der Waals surface area contributed by atoms with Crippen molar-refractivity contribution in [3.8, 4) is 0 Å². The van der Waals surface area contributed by atoms with Crippen LogP contribution in [0.2, 0.25) is 5.02 Å². The van der Waals surface area contributed by atoms with Crippen molar-refractivity contribution >= 4 is 23.3 Å². The van der Waals surface area contributed by atoms with Crippen LogP contribution in [-0.2, 0) is 9.53 Å². The van der Waals surface area contributed by atoms with Crippen LogP contribution in [0.15, 0.2) is 24.3 Å². The molecule has 1 heterocycles. The number of rotatable bonds is 4. The van der Waals surface area contributed by atoms with Gasteiger partial charge in [-0.1, -0.05) is 11.6 Å². The molecule has 1 unspecified atom stereocenters. The molecule has 0 aliphatic carbocycles. The monoisotopic (exact) mass is 293 g/mol. The zero-order chi connectivity index (χ0) is 14.7. The van der Waals surface area contributed by atoms with Crippen LogP contribution in [-0.4, -0.2) is 23.3 Å². The number of aromatic nitrogens is 2. The van der Waals surface area contributed by atoms with Gasteiger partial charge in [0.05, 0.1) is 12.8 Å². The molecular formula is C14H16ClN3O2. The summed E-state index contributed by atoms with van der Waals surface area (Å²) in [6.45, 7) is 3.72. The first-order chi connectivity index (χ1) is 9.52. The fraction of sp³-hybridized carbons (Fsp3) is 0.286. The Morgan fingerprint density at radius 1 is 1.35 bits per heavy atom. The molecule has 0 fully saturated rings. The minimum atomic E-state index is -0.611. The number of hydrogen-bond acceptors (Lipinski definition) is 4. The van der Waals surface area contributed by atoms with E-state index in [2.05, 4.69) is 15.5 Å². The van der Waals surface area contributed by atoms with Crippen molar-refractivity contribution in [1.29, 1.82) is 0 Å². The van der Waals surface area contributed by atoms with E-state index in [9.17, 15) is 4.79 Å². The number of nitrogens with zero attached hydrogens (tertiary/aromatic N) is 1. The number of anilines is 1. The average Bonchev–Trinajstić information content (AvgIpc) is 2.77. The number of hydrogen-bond donors (Lipinski definition) is 2. The highest BCUT2D eigenvalue weighted by molar-refractivity contribution is 6.30. The molecule has 2 rings (SSSR count). The van der Waals surface area contributed by atoms with Crippen LogP contribution in [0, 0.1) is 13.8 Å². The summed E-state index contributed by atoms with van der Waals surface area (Å²) < 4.78 is 4.87. The maximum absolute atomic E-state index is 12.0. The van der Waals surface area contributed by atoms with Crippen LogP contribution < -0.4 is 5.32 Å². The van der Waals surface area contributed by atoms with E-state index in [0.29, 0.717) is 5.02 Å². The van der Waals surface area contributed by atoms with Crippen molar-refractivity contribution in [1.82, 2.24) is 10.2 Å². The van der Waals surface area contributed by atoms with E-state index in [1.807, 2.05) is 26.0 Å². The molecule has 2 aromatic rings. The van der Waals surface area contributed by atoms with Crippen molar-refractivity contribution in [3.05, 3.63) is 46.2 Å². The number of ether oxygens (including phenoxy) is 1. The molecule has 20 heavy (non-hydrogen) atoms. The first-order valence-electron chi connectivity index (χ1n) is 6.14. The highest BCUT2D eigenvalue weighted by atomic mass is 35.5. The Morgan fingerprint density at radius 2 is 2.00 bits per heavy atom. The van der Waals surface area contributed by atoms with Crippen LogP contribution in [0.5, 0.6) is 0 Å². The van der Waals surface area contributed by atoms with Gasteiger partial charge in [-0.2, -0.15) is 5.10 Å². The van der Waals surface area contributed by atoms with E-state index >= 15 is 0 Å². The predicted molar refractivity (Wildman–Crippen MR) is 77.9 cm³/mol. The number of carbonyl (C=O) groups excluding carboxylic acids is 1. The van der Waals surface area contributed by atoms with Crippen LogP contribution in [0.3, 0.4) is 0 Å². The molecule has 0 aliphatic rings. The second-order valence-electron chi connectivity index (χ2n) is 4.46. The van der Waals surface area contributed by atoms with Gasteiger partial charge in [-0.05, 0) is 38.1 Å². The van der Waals surface area contributed by atoms with E-state index in [4.69, 9.17) is 16.3 Å². The smallest absolute Gasteiger partial charge is 0.333 e. The number of methoxy groups -OCH3 is 1. The summed E-state index contributed by atoms with van der Waals surface area (Å²) in [6.07, 6.45) is 0. The number of nitrogens with one attached hydrogen (secondary N) is 2. The summed E-state index contributed by atoms with van der Waals surface area (Å²) in [5.74, 6) is -0.368. The van der Waals surface area contributed by atoms with Crippen molar-refractivity contribution in [2.45, 2.75) is 19.9 Å². The van der Waals surface area contributed by atoms with E-state index < -0.39 is 6.04 Å². The molecule has 0 spiro atoms. The molecule has 2 N–H and O–H groups in total. The molecule has 0 bridgehead atoms. The molecule has 0 amide bonds. The van der Waals surface area contributed by atoms with Gasteiger partial charge < -0.3 is 10.1 Å². The first-order valence-corrected chi connectivity index (χ1v) is 6.52. The quantitative estimate of drug-likeness (QED) is 0.851. The Morgan fingerprint density at radius 3 is 2.50 bits per heavy atom. The number of halogens is 1. The molecule has 0 saturated carbocycles. The molecule has 106 valence electrons. The summed E-state index contributed by atoms with van der Waals surface area (Å²) in [7, 11) is 1.36. The normalized spacial score (nSPS) is 12.0. The van der Waals surface area contributed by atoms with E-state index in [-0.39, 0.29) is 5.97 Å². The number of benzene rings is 1. The third-order valence-electron chi connectivity index (χ3n) is 3.07. The molecule has 0 radical (unpaired) electrons. The van der Waals surface area contributed by atoms with Crippen LogP contribution in [0.25, 0.3) is 0 Å². The van der Waals surface area contributed by atoms with Crippen LogP contribution in [0.4, 0.5) is 5.69 Å². The average molecular weight is 294 g/mol. The Balaban J connectivity index is 2.34. The number of H-pyrrole nitrogens is 1. The van der Waals surface area contributed by atoms with Crippen molar-refractivity contribution in [2.75, 3.05) is 12.4 Å². The highest BCUT2D eigenvalue weighted by Gasteiger charge is 2.26. The topological polar surface area (TPSA) is 67.0 Å². The Labute approximate surface area is 122 Å². The summed E-state index contributed by atoms with van der Waals surface area (Å²) in [6, 6.07) is 6.52. The summed E-state index contributed by atoms with van der Waals surface area (Å²) in [5, 5.41) is 10.8. The van der Waals surface area contributed by atoms with Gasteiger partial charge in [-0.25, -0.2) is 4.79 Å². The van der Waals surface area contributed by atoms with E-state index in [1.54, 1.807) is 12.1 Å². The highest BCUT2D eigenvalue weighted by Crippen LogP contribution is 2.26. The third-order valence-corrected chi connectivity index (χ3v) is 3.32. The SMILES string of the molecule is COC(=O)C(Nc1ccc(Cl)cc1)c1c(C)n[nH]c1C. The van der Waals surface area contributed by atoms with Crippen molar-refractivity contribution in [2.24, 2.45) is 0 Å². The van der Waals surface area contributed by atoms with Gasteiger partial charge in [0.25, 0.3) is 0 Å². The molecule has 1 aromatic carbocycles. The minimum Gasteiger partial charge on any atom is -0.467 e. The third kappa shape index (κ3) is 2.93. The Kier molecular flexibility index (Phi) is 4.29. The molecular weight excluding hydrogens is 278 g/mol. The molecule has 1 aromatic heterocycles. The lowest BCUT2D eigenvalue weighted by atomic mass is 10.0. The van der Waals surface area contributed by atoms with Gasteiger partial charge in [0.15, 0.2) is 6.04 Å². The maximum atomic E-state index is 12.0. The van der Waals surface area contributed by atoms with E-state index in [1.165, 1.54) is 7.11 Å². The summed E-state index contributed by atoms with van der Waals surface area (Å²) in [4.78, 5) is 12.0. The second-order valence-corrected chi connectivity index (χ2v) is 4.89. The molecule has 6 heteroatoms. The summed E-state index contributed by atoms with van der Waals surface area (Å²) >= 11 is 5.85. The largest absolute Gasteiger partial charge is 0.467 e. The molecule has 5 nitrogen and oxygen atoms in total. The lowest BCUT2D eigenvalue weighted by molar-refractivity contribution is -0.141. The minimum absolute atomic E-state index is 0.368.